The summed E-state index contributed by atoms with van der Waals surface area (Å²) in [6, 6.07) is 11.6. The first-order valence-electron chi connectivity index (χ1n) is 9.51. The molecule has 1 saturated carbocycles. The van der Waals surface area contributed by atoms with E-state index in [1.807, 2.05) is 7.05 Å². The average Bonchev–Trinajstić information content (AvgIpc) is 3.25. The van der Waals surface area contributed by atoms with Crippen molar-refractivity contribution in [2.24, 2.45) is 10.9 Å². The summed E-state index contributed by atoms with van der Waals surface area (Å²) >= 11 is 0. The number of nitrogens with one attached hydrogen (secondary N) is 1. The van der Waals surface area contributed by atoms with Gasteiger partial charge in [-0.25, -0.2) is 0 Å². The predicted molar refractivity (Wildman–Crippen MR) is 117 cm³/mol. The Kier molecular flexibility index (Phi) is 8.00. The summed E-state index contributed by atoms with van der Waals surface area (Å²) in [7, 11) is 1.91. The maximum absolute atomic E-state index is 4.53. The molecule has 0 spiro atoms. The van der Waals surface area contributed by atoms with Crippen molar-refractivity contribution in [1.29, 1.82) is 0 Å². The van der Waals surface area contributed by atoms with Crippen molar-refractivity contribution in [3.8, 4) is 0 Å². The van der Waals surface area contributed by atoms with Gasteiger partial charge in [-0.15, -0.1) is 24.0 Å². The van der Waals surface area contributed by atoms with E-state index in [9.17, 15) is 0 Å². The topological polar surface area (TPSA) is 30.9 Å². The first-order chi connectivity index (χ1) is 11.8. The van der Waals surface area contributed by atoms with E-state index in [0.717, 1.165) is 50.5 Å². The quantitative estimate of drug-likeness (QED) is 0.405. The molecule has 140 valence electrons. The Hall–Kier alpha value is -0.820. The maximum Gasteiger partial charge on any atom is 0.193 e. The molecule has 4 nitrogen and oxygen atoms in total. The Labute approximate surface area is 170 Å². The highest BCUT2D eigenvalue weighted by Crippen LogP contribution is 2.46. The van der Waals surface area contributed by atoms with Gasteiger partial charge >= 0.3 is 0 Å². The second-order valence-corrected chi connectivity index (χ2v) is 7.05. The smallest absolute Gasteiger partial charge is 0.193 e. The highest BCUT2D eigenvalue weighted by molar-refractivity contribution is 14.0. The summed E-state index contributed by atoms with van der Waals surface area (Å²) in [4.78, 5) is 9.53. The number of likely N-dealkylation sites (N-methyl/N-ethyl adjacent to an activating group) is 1. The van der Waals surface area contributed by atoms with E-state index in [0.29, 0.717) is 6.04 Å². The normalized spacial score (nSPS) is 25.8. The first kappa shape index (κ1) is 20.5. The Balaban J connectivity index is 0.00000225. The van der Waals surface area contributed by atoms with Gasteiger partial charge in [0.1, 0.15) is 0 Å². The molecule has 0 aromatic heterocycles. The molecule has 2 aliphatic rings. The molecule has 1 heterocycles. The maximum atomic E-state index is 4.53. The number of aliphatic imine (C=N–C) groups is 1. The van der Waals surface area contributed by atoms with Gasteiger partial charge in [-0.3, -0.25) is 9.89 Å². The molecular weight excluding hydrogens is 423 g/mol. The first-order valence-corrected chi connectivity index (χ1v) is 9.51. The van der Waals surface area contributed by atoms with Gasteiger partial charge in [-0.2, -0.15) is 0 Å². The summed E-state index contributed by atoms with van der Waals surface area (Å²) in [5, 5.41) is 3.63. The number of benzene rings is 1. The van der Waals surface area contributed by atoms with Crippen LogP contribution in [-0.2, 0) is 0 Å². The molecule has 1 aromatic rings. The van der Waals surface area contributed by atoms with E-state index in [1.54, 1.807) is 0 Å². The number of likely N-dealkylation sites (tertiary alicyclic amines) is 1. The minimum atomic E-state index is 0. The van der Waals surface area contributed by atoms with Gasteiger partial charge in [0.15, 0.2) is 5.96 Å². The Bertz CT molecular complexity index is 544. The van der Waals surface area contributed by atoms with Crippen molar-refractivity contribution in [1.82, 2.24) is 15.1 Å². The Morgan fingerprint density at radius 1 is 1.24 bits per heavy atom. The minimum absolute atomic E-state index is 0. The van der Waals surface area contributed by atoms with Gasteiger partial charge < -0.3 is 10.2 Å². The lowest BCUT2D eigenvalue weighted by Crippen LogP contribution is -2.43. The van der Waals surface area contributed by atoms with Crippen LogP contribution in [-0.4, -0.2) is 61.6 Å². The van der Waals surface area contributed by atoms with E-state index < -0.39 is 0 Å². The standard InChI is InChI=1S/C20H32N4.HI/c1-4-23(5-2)18-11-12-24(15-18)20(21-3)22-14-17-13-19(17)16-9-7-6-8-10-16;/h6-10,17-19H,4-5,11-15H2,1-3H3,(H,21,22);1H. The SMILES string of the molecule is CCN(CC)C1CCN(C(=NC)NCC2CC2c2ccccc2)C1.I. The van der Waals surface area contributed by atoms with Gasteiger partial charge in [0.2, 0.25) is 0 Å². The van der Waals surface area contributed by atoms with Crippen LogP contribution in [0.2, 0.25) is 0 Å². The van der Waals surface area contributed by atoms with E-state index in [-0.39, 0.29) is 24.0 Å². The van der Waals surface area contributed by atoms with Crippen LogP contribution < -0.4 is 5.32 Å². The number of halogens is 1. The molecule has 0 amide bonds. The molecule has 1 saturated heterocycles. The molecule has 2 fully saturated rings. The highest BCUT2D eigenvalue weighted by Gasteiger charge is 2.38. The van der Waals surface area contributed by atoms with Gasteiger partial charge in [0, 0.05) is 32.7 Å². The Morgan fingerprint density at radius 2 is 1.96 bits per heavy atom. The van der Waals surface area contributed by atoms with Crippen LogP contribution in [0, 0.1) is 5.92 Å². The molecule has 0 bridgehead atoms. The fourth-order valence-electron chi connectivity index (χ4n) is 4.11. The van der Waals surface area contributed by atoms with Crippen molar-refractivity contribution < 1.29 is 0 Å². The third kappa shape index (κ3) is 5.09. The molecule has 1 N–H and O–H groups in total. The lowest BCUT2D eigenvalue weighted by molar-refractivity contribution is 0.223. The number of hydrogen-bond acceptors (Lipinski definition) is 2. The monoisotopic (exact) mass is 456 g/mol. The third-order valence-electron chi connectivity index (χ3n) is 5.68. The summed E-state index contributed by atoms with van der Waals surface area (Å²) < 4.78 is 0. The van der Waals surface area contributed by atoms with Crippen LogP contribution in [0.15, 0.2) is 35.3 Å². The van der Waals surface area contributed by atoms with E-state index in [1.165, 1.54) is 18.4 Å². The van der Waals surface area contributed by atoms with Crippen molar-refractivity contribution >= 4 is 29.9 Å². The largest absolute Gasteiger partial charge is 0.356 e. The molecule has 3 unspecified atom stereocenters. The van der Waals surface area contributed by atoms with Crippen molar-refractivity contribution in [3.05, 3.63) is 35.9 Å². The molecular formula is C20H33IN4. The average molecular weight is 456 g/mol. The van der Waals surface area contributed by atoms with Gasteiger partial charge in [-0.1, -0.05) is 44.2 Å². The molecule has 0 radical (unpaired) electrons. The number of guanidine groups is 1. The fourth-order valence-corrected chi connectivity index (χ4v) is 4.11. The van der Waals surface area contributed by atoms with Crippen LogP contribution in [0.4, 0.5) is 0 Å². The van der Waals surface area contributed by atoms with Crippen LogP contribution in [0.3, 0.4) is 0 Å². The molecule has 1 aliphatic carbocycles. The van der Waals surface area contributed by atoms with Crippen LogP contribution >= 0.6 is 24.0 Å². The number of rotatable bonds is 6. The zero-order valence-corrected chi connectivity index (χ0v) is 18.1. The van der Waals surface area contributed by atoms with E-state index in [4.69, 9.17) is 0 Å². The Morgan fingerprint density at radius 3 is 2.60 bits per heavy atom. The second kappa shape index (κ2) is 9.76. The van der Waals surface area contributed by atoms with Crippen LogP contribution in [0.25, 0.3) is 0 Å². The summed E-state index contributed by atoms with van der Waals surface area (Å²) in [5.74, 6) is 2.58. The second-order valence-electron chi connectivity index (χ2n) is 7.05. The molecule has 1 aliphatic heterocycles. The summed E-state index contributed by atoms with van der Waals surface area (Å²) in [6.45, 7) is 10.1. The van der Waals surface area contributed by atoms with Gasteiger partial charge in [0.25, 0.3) is 0 Å². The van der Waals surface area contributed by atoms with Crippen molar-refractivity contribution in [3.63, 3.8) is 0 Å². The zero-order chi connectivity index (χ0) is 16.9. The lowest BCUT2D eigenvalue weighted by Gasteiger charge is -2.27. The third-order valence-corrected chi connectivity index (χ3v) is 5.68. The predicted octanol–water partition coefficient (Wildman–Crippen LogP) is 3.40. The fraction of sp³-hybridized carbons (Fsp3) is 0.650. The summed E-state index contributed by atoms with van der Waals surface area (Å²) in [6.07, 6.45) is 2.55. The lowest BCUT2D eigenvalue weighted by atomic mass is 10.1. The molecule has 25 heavy (non-hydrogen) atoms. The van der Waals surface area contributed by atoms with Crippen molar-refractivity contribution in [2.75, 3.05) is 39.8 Å². The van der Waals surface area contributed by atoms with Gasteiger partial charge in [0.05, 0.1) is 0 Å². The molecule has 5 heteroatoms. The van der Waals surface area contributed by atoms with E-state index >= 15 is 0 Å². The van der Waals surface area contributed by atoms with Crippen molar-refractivity contribution in [2.45, 2.75) is 38.6 Å². The molecule has 3 atom stereocenters. The molecule has 3 rings (SSSR count). The van der Waals surface area contributed by atoms with Crippen LogP contribution in [0.5, 0.6) is 0 Å². The summed E-state index contributed by atoms with van der Waals surface area (Å²) in [5.41, 5.74) is 1.49. The molecule has 1 aromatic carbocycles. The minimum Gasteiger partial charge on any atom is -0.356 e. The number of hydrogen-bond donors (Lipinski definition) is 1. The van der Waals surface area contributed by atoms with Gasteiger partial charge in [-0.05, 0) is 43.3 Å². The highest BCUT2D eigenvalue weighted by atomic mass is 127. The van der Waals surface area contributed by atoms with E-state index in [2.05, 4.69) is 64.3 Å². The zero-order valence-electron chi connectivity index (χ0n) is 15.8. The number of nitrogens with zero attached hydrogens (tertiary/aromatic N) is 3. The van der Waals surface area contributed by atoms with Crippen LogP contribution in [0.1, 0.15) is 38.2 Å².